The molecular formula is C19H24N2O3S. The van der Waals surface area contributed by atoms with Gasteiger partial charge in [-0.05, 0) is 32.4 Å². The van der Waals surface area contributed by atoms with Gasteiger partial charge in [-0.15, -0.1) is 11.3 Å². The fraction of sp³-hybridized carbons (Fsp3) is 0.474. The lowest BCUT2D eigenvalue weighted by molar-refractivity contribution is -0.115. The van der Waals surface area contributed by atoms with Crippen LogP contribution in [0.4, 0.5) is 5.13 Å². The van der Waals surface area contributed by atoms with Crippen LogP contribution in [0.25, 0.3) is 11.3 Å². The van der Waals surface area contributed by atoms with Crippen LogP contribution >= 0.6 is 11.3 Å². The van der Waals surface area contributed by atoms with Crippen molar-refractivity contribution in [2.24, 2.45) is 0 Å². The van der Waals surface area contributed by atoms with E-state index < -0.39 is 0 Å². The number of thiazole rings is 1. The summed E-state index contributed by atoms with van der Waals surface area (Å²) < 4.78 is 12.0. The van der Waals surface area contributed by atoms with Crippen molar-refractivity contribution in [1.82, 2.24) is 4.98 Å². The Balaban J connectivity index is 1.93. The lowest BCUT2D eigenvalue weighted by Crippen LogP contribution is -2.24. The van der Waals surface area contributed by atoms with Crippen LogP contribution in [0.2, 0.25) is 0 Å². The Bertz CT molecular complexity index is 783. The van der Waals surface area contributed by atoms with E-state index in [9.17, 15) is 4.79 Å². The third-order valence-electron chi connectivity index (χ3n) is 3.96. The summed E-state index contributed by atoms with van der Waals surface area (Å²) in [6.07, 6.45) is 2.21. The van der Waals surface area contributed by atoms with E-state index in [1.807, 2.05) is 18.4 Å². The number of carbonyl (C=O) groups excluding carboxylic acids is 1. The second-order valence-electron chi connectivity index (χ2n) is 6.79. The number of amides is 1. The minimum absolute atomic E-state index is 0.0306. The summed E-state index contributed by atoms with van der Waals surface area (Å²) in [6.45, 7) is 8.71. The largest absolute Gasteiger partial charge is 0.490 e. The summed E-state index contributed by atoms with van der Waals surface area (Å²) in [6, 6.07) is 4.10. The number of fused-ring (bicyclic) bond motifs is 1. The Morgan fingerprint density at radius 1 is 1.40 bits per heavy atom. The van der Waals surface area contributed by atoms with E-state index in [1.165, 1.54) is 11.3 Å². The third-order valence-corrected chi connectivity index (χ3v) is 4.71. The summed E-state index contributed by atoms with van der Waals surface area (Å²) in [4.78, 5) is 16.1. The van der Waals surface area contributed by atoms with E-state index in [2.05, 4.69) is 37.1 Å². The smallest absolute Gasteiger partial charge is 0.225 e. The van der Waals surface area contributed by atoms with Gasteiger partial charge in [0.1, 0.15) is 5.60 Å². The molecule has 6 heteroatoms. The molecule has 1 aliphatic rings. The molecule has 0 aliphatic carbocycles. The molecule has 0 spiro atoms. The third kappa shape index (κ3) is 3.95. The molecule has 1 aliphatic heterocycles. The first kappa shape index (κ1) is 17.7. The van der Waals surface area contributed by atoms with Crippen molar-refractivity contribution < 1.29 is 14.3 Å². The van der Waals surface area contributed by atoms with Gasteiger partial charge in [-0.2, -0.15) is 0 Å². The topological polar surface area (TPSA) is 60.5 Å². The Kier molecular flexibility index (Phi) is 4.99. The minimum Gasteiger partial charge on any atom is -0.490 e. The van der Waals surface area contributed by atoms with E-state index in [4.69, 9.17) is 9.47 Å². The highest BCUT2D eigenvalue weighted by Gasteiger charge is 2.33. The standard InChI is InChI=1S/C19H24N2O3S/c1-5-7-23-15-9-12(8-13-10-19(3,4)24-17(13)15)14-11-25-18(20-14)21-16(22)6-2/h8-9,11H,5-7,10H2,1-4H3,(H,20,21,22). The number of carbonyl (C=O) groups is 1. The highest BCUT2D eigenvalue weighted by Crippen LogP contribution is 2.45. The van der Waals surface area contributed by atoms with E-state index in [0.717, 1.165) is 41.2 Å². The zero-order valence-corrected chi connectivity index (χ0v) is 16.0. The fourth-order valence-electron chi connectivity index (χ4n) is 2.82. The second kappa shape index (κ2) is 7.04. The number of hydrogen-bond acceptors (Lipinski definition) is 5. The summed E-state index contributed by atoms with van der Waals surface area (Å²) in [5, 5.41) is 5.38. The summed E-state index contributed by atoms with van der Waals surface area (Å²) >= 11 is 1.43. The van der Waals surface area contributed by atoms with Crippen molar-refractivity contribution in [3.05, 3.63) is 23.1 Å². The van der Waals surface area contributed by atoms with Gasteiger partial charge in [0.25, 0.3) is 0 Å². The predicted octanol–water partition coefficient (Wildman–Crippen LogP) is 4.66. The molecule has 0 unspecified atom stereocenters. The zero-order valence-electron chi connectivity index (χ0n) is 15.1. The van der Waals surface area contributed by atoms with E-state index in [-0.39, 0.29) is 11.5 Å². The fourth-order valence-corrected chi connectivity index (χ4v) is 3.55. The molecule has 2 aromatic rings. The number of ether oxygens (including phenoxy) is 2. The number of anilines is 1. The number of aromatic nitrogens is 1. The lowest BCUT2D eigenvalue weighted by atomic mass is 9.99. The molecule has 0 saturated carbocycles. The van der Waals surface area contributed by atoms with Crippen LogP contribution in [0.3, 0.4) is 0 Å². The summed E-state index contributed by atoms with van der Waals surface area (Å²) in [5.41, 5.74) is 2.73. The highest BCUT2D eigenvalue weighted by molar-refractivity contribution is 7.14. The van der Waals surface area contributed by atoms with Crippen molar-refractivity contribution in [3.8, 4) is 22.8 Å². The van der Waals surface area contributed by atoms with Gasteiger partial charge in [0, 0.05) is 29.3 Å². The van der Waals surface area contributed by atoms with Gasteiger partial charge in [-0.25, -0.2) is 4.98 Å². The van der Waals surface area contributed by atoms with E-state index in [0.29, 0.717) is 18.2 Å². The summed E-state index contributed by atoms with van der Waals surface area (Å²) in [7, 11) is 0. The van der Waals surface area contributed by atoms with Crippen LogP contribution in [-0.2, 0) is 11.2 Å². The molecule has 2 heterocycles. The highest BCUT2D eigenvalue weighted by atomic mass is 32.1. The molecule has 3 rings (SSSR count). The molecule has 0 fully saturated rings. The lowest BCUT2D eigenvalue weighted by Gasteiger charge is -2.18. The average Bonchev–Trinajstić information content (AvgIpc) is 3.14. The predicted molar refractivity (Wildman–Crippen MR) is 101 cm³/mol. The van der Waals surface area contributed by atoms with Gasteiger partial charge in [-0.3, -0.25) is 4.79 Å². The Labute approximate surface area is 152 Å². The second-order valence-corrected chi connectivity index (χ2v) is 7.65. The molecule has 1 N–H and O–H groups in total. The minimum atomic E-state index is -0.229. The molecule has 1 aromatic heterocycles. The van der Waals surface area contributed by atoms with Gasteiger partial charge in [0.15, 0.2) is 16.6 Å². The van der Waals surface area contributed by atoms with Crippen molar-refractivity contribution in [2.45, 2.75) is 52.6 Å². The van der Waals surface area contributed by atoms with Crippen LogP contribution in [0, 0.1) is 0 Å². The number of hydrogen-bond donors (Lipinski definition) is 1. The monoisotopic (exact) mass is 360 g/mol. The maximum atomic E-state index is 11.5. The Morgan fingerprint density at radius 2 is 2.20 bits per heavy atom. The van der Waals surface area contributed by atoms with E-state index >= 15 is 0 Å². The van der Waals surface area contributed by atoms with Crippen LogP contribution in [0.1, 0.15) is 46.1 Å². The first-order chi connectivity index (χ1) is 11.9. The quantitative estimate of drug-likeness (QED) is 0.814. The average molecular weight is 360 g/mol. The summed E-state index contributed by atoms with van der Waals surface area (Å²) in [5.74, 6) is 1.58. The molecule has 134 valence electrons. The van der Waals surface area contributed by atoms with Gasteiger partial charge < -0.3 is 14.8 Å². The normalized spacial score (nSPS) is 14.7. The van der Waals surface area contributed by atoms with Gasteiger partial charge in [-0.1, -0.05) is 13.8 Å². The maximum absolute atomic E-state index is 11.5. The zero-order chi connectivity index (χ0) is 18.0. The van der Waals surface area contributed by atoms with Crippen LogP contribution < -0.4 is 14.8 Å². The van der Waals surface area contributed by atoms with Crippen LogP contribution in [-0.4, -0.2) is 23.1 Å². The number of nitrogens with zero attached hydrogens (tertiary/aromatic N) is 1. The van der Waals surface area contributed by atoms with Gasteiger partial charge in [0.2, 0.25) is 5.91 Å². The number of nitrogens with one attached hydrogen (secondary N) is 1. The molecule has 0 saturated heterocycles. The van der Waals surface area contributed by atoms with E-state index in [1.54, 1.807) is 0 Å². The Hall–Kier alpha value is -2.08. The molecule has 0 atom stereocenters. The number of benzene rings is 1. The molecule has 1 aromatic carbocycles. The molecule has 1 amide bonds. The molecule has 5 nitrogen and oxygen atoms in total. The van der Waals surface area contributed by atoms with Crippen LogP contribution in [0.5, 0.6) is 11.5 Å². The van der Waals surface area contributed by atoms with Crippen molar-refractivity contribution >= 4 is 22.4 Å². The first-order valence-electron chi connectivity index (χ1n) is 8.66. The molecule has 0 bridgehead atoms. The van der Waals surface area contributed by atoms with Gasteiger partial charge >= 0.3 is 0 Å². The van der Waals surface area contributed by atoms with Crippen molar-refractivity contribution in [3.63, 3.8) is 0 Å². The van der Waals surface area contributed by atoms with Gasteiger partial charge in [0.05, 0.1) is 12.3 Å². The Morgan fingerprint density at radius 3 is 2.92 bits per heavy atom. The number of rotatable bonds is 6. The first-order valence-corrected chi connectivity index (χ1v) is 9.54. The van der Waals surface area contributed by atoms with Crippen LogP contribution in [0.15, 0.2) is 17.5 Å². The maximum Gasteiger partial charge on any atom is 0.225 e. The van der Waals surface area contributed by atoms with Crippen molar-refractivity contribution in [1.29, 1.82) is 0 Å². The molecule has 25 heavy (non-hydrogen) atoms. The molecule has 0 radical (unpaired) electrons. The SMILES string of the molecule is CCCOc1cc(-c2csc(NC(=O)CC)n2)cc2c1OC(C)(C)C2. The molecular weight excluding hydrogens is 336 g/mol. The van der Waals surface area contributed by atoms with Crippen molar-refractivity contribution in [2.75, 3.05) is 11.9 Å².